The Labute approximate surface area is 207 Å². The number of benzene rings is 3. The van der Waals surface area contributed by atoms with Crippen LogP contribution >= 0.6 is 0 Å². The molecule has 1 unspecified atom stereocenters. The molecular formula is C29H24FNO5. The fourth-order valence-corrected chi connectivity index (χ4v) is 4.49. The smallest absolute Gasteiger partial charge is 0.291 e. The van der Waals surface area contributed by atoms with Crippen LogP contribution in [0.3, 0.4) is 0 Å². The lowest BCUT2D eigenvalue weighted by molar-refractivity contribution is 0.0714. The molecule has 0 saturated heterocycles. The van der Waals surface area contributed by atoms with Gasteiger partial charge in [0, 0.05) is 6.54 Å². The van der Waals surface area contributed by atoms with E-state index in [-0.39, 0.29) is 29.1 Å². The van der Waals surface area contributed by atoms with Gasteiger partial charge in [-0.1, -0.05) is 43.0 Å². The van der Waals surface area contributed by atoms with Gasteiger partial charge in [-0.3, -0.25) is 9.59 Å². The maximum Gasteiger partial charge on any atom is 0.291 e. The summed E-state index contributed by atoms with van der Waals surface area (Å²) in [5, 5.41) is 0.397. The van der Waals surface area contributed by atoms with E-state index < -0.39 is 11.9 Å². The second-order valence-corrected chi connectivity index (χ2v) is 8.37. The third-order valence-corrected chi connectivity index (χ3v) is 6.08. The highest BCUT2D eigenvalue weighted by atomic mass is 19.1. The lowest BCUT2D eigenvalue weighted by Crippen LogP contribution is -2.29. The van der Waals surface area contributed by atoms with E-state index in [2.05, 4.69) is 6.58 Å². The zero-order chi connectivity index (χ0) is 25.2. The van der Waals surface area contributed by atoms with Crippen molar-refractivity contribution in [3.63, 3.8) is 0 Å². The van der Waals surface area contributed by atoms with Crippen LogP contribution in [0.4, 0.5) is 4.39 Å². The van der Waals surface area contributed by atoms with Crippen LogP contribution in [0.25, 0.3) is 11.0 Å². The molecule has 1 aliphatic heterocycles. The van der Waals surface area contributed by atoms with Gasteiger partial charge in [0.2, 0.25) is 5.76 Å². The lowest BCUT2D eigenvalue weighted by atomic mass is 9.97. The zero-order valence-electron chi connectivity index (χ0n) is 19.7. The third kappa shape index (κ3) is 4.13. The number of para-hydroxylation sites is 1. The fourth-order valence-electron chi connectivity index (χ4n) is 4.49. The minimum Gasteiger partial charge on any atom is -0.490 e. The van der Waals surface area contributed by atoms with Gasteiger partial charge in [-0.05, 0) is 54.4 Å². The Kier molecular flexibility index (Phi) is 6.29. The van der Waals surface area contributed by atoms with Gasteiger partial charge < -0.3 is 18.8 Å². The zero-order valence-corrected chi connectivity index (χ0v) is 19.7. The summed E-state index contributed by atoms with van der Waals surface area (Å²) < 4.78 is 31.0. The Hall–Kier alpha value is -4.39. The van der Waals surface area contributed by atoms with Crippen molar-refractivity contribution < 1.29 is 23.1 Å². The lowest BCUT2D eigenvalue weighted by Gasteiger charge is -2.26. The average Bonchev–Trinajstić information content (AvgIpc) is 3.16. The van der Waals surface area contributed by atoms with E-state index in [0.717, 1.165) is 5.56 Å². The van der Waals surface area contributed by atoms with Crippen LogP contribution in [-0.4, -0.2) is 24.0 Å². The van der Waals surface area contributed by atoms with Gasteiger partial charge in [0.05, 0.1) is 23.6 Å². The van der Waals surface area contributed by atoms with Crippen LogP contribution in [0.15, 0.2) is 88.6 Å². The number of hydrogen-bond donors (Lipinski definition) is 0. The Bertz CT molecular complexity index is 1510. The minimum absolute atomic E-state index is 0.00996. The molecule has 4 aromatic rings. The first-order valence-electron chi connectivity index (χ1n) is 11.6. The molecule has 5 rings (SSSR count). The van der Waals surface area contributed by atoms with Crippen LogP contribution in [0.1, 0.15) is 40.2 Å². The first-order chi connectivity index (χ1) is 17.5. The van der Waals surface area contributed by atoms with E-state index in [1.807, 2.05) is 6.92 Å². The van der Waals surface area contributed by atoms with E-state index in [9.17, 15) is 14.0 Å². The molecule has 0 aliphatic carbocycles. The maximum absolute atomic E-state index is 13.7. The molecule has 1 atom stereocenters. The second kappa shape index (κ2) is 9.70. The quantitative estimate of drug-likeness (QED) is 0.302. The largest absolute Gasteiger partial charge is 0.490 e. The molecule has 1 amide bonds. The number of ether oxygens (including phenoxy) is 2. The van der Waals surface area contributed by atoms with Crippen molar-refractivity contribution in [3.8, 4) is 11.5 Å². The molecule has 0 N–H and O–H groups in total. The van der Waals surface area contributed by atoms with Crippen LogP contribution < -0.4 is 14.9 Å². The topological polar surface area (TPSA) is 69.0 Å². The van der Waals surface area contributed by atoms with Crippen molar-refractivity contribution in [3.05, 3.63) is 118 Å². The first-order valence-corrected chi connectivity index (χ1v) is 11.6. The first kappa shape index (κ1) is 23.4. The molecule has 0 saturated carbocycles. The molecule has 1 aromatic heterocycles. The fraction of sp³-hybridized carbons (Fsp3) is 0.172. The van der Waals surface area contributed by atoms with E-state index in [4.69, 9.17) is 13.9 Å². The molecular weight excluding hydrogens is 461 g/mol. The average molecular weight is 486 g/mol. The monoisotopic (exact) mass is 485 g/mol. The Morgan fingerprint density at radius 3 is 2.56 bits per heavy atom. The highest BCUT2D eigenvalue weighted by Gasteiger charge is 2.43. The molecule has 36 heavy (non-hydrogen) atoms. The molecule has 0 spiro atoms. The molecule has 3 aromatic carbocycles. The van der Waals surface area contributed by atoms with E-state index >= 15 is 0 Å². The van der Waals surface area contributed by atoms with Crippen LogP contribution in [0.5, 0.6) is 11.5 Å². The normalized spacial score (nSPS) is 14.7. The maximum atomic E-state index is 13.7. The summed E-state index contributed by atoms with van der Waals surface area (Å²) in [4.78, 5) is 28.8. The molecule has 2 heterocycles. The summed E-state index contributed by atoms with van der Waals surface area (Å²) >= 11 is 0. The van der Waals surface area contributed by atoms with Crippen LogP contribution in [0, 0.1) is 5.82 Å². The van der Waals surface area contributed by atoms with Crippen molar-refractivity contribution in [1.82, 2.24) is 4.90 Å². The van der Waals surface area contributed by atoms with Gasteiger partial charge in [-0.25, -0.2) is 4.39 Å². The van der Waals surface area contributed by atoms with E-state index in [1.54, 1.807) is 65.6 Å². The summed E-state index contributed by atoms with van der Waals surface area (Å²) in [7, 11) is 0. The Balaban J connectivity index is 1.68. The summed E-state index contributed by atoms with van der Waals surface area (Å²) in [6.45, 7) is 6.40. The van der Waals surface area contributed by atoms with Gasteiger partial charge >= 0.3 is 0 Å². The van der Waals surface area contributed by atoms with E-state index in [0.29, 0.717) is 41.2 Å². The highest BCUT2D eigenvalue weighted by Crippen LogP contribution is 2.41. The number of carbonyl (C=O) groups excluding carboxylic acids is 1. The number of hydrogen-bond acceptors (Lipinski definition) is 5. The van der Waals surface area contributed by atoms with Crippen molar-refractivity contribution in [1.29, 1.82) is 0 Å². The van der Waals surface area contributed by atoms with Crippen molar-refractivity contribution in [2.24, 2.45) is 0 Å². The summed E-state index contributed by atoms with van der Waals surface area (Å²) in [6.07, 6.45) is 1.64. The van der Waals surface area contributed by atoms with Gasteiger partial charge in [0.25, 0.3) is 5.91 Å². The molecule has 1 aliphatic rings. The molecule has 6 nitrogen and oxygen atoms in total. The second-order valence-electron chi connectivity index (χ2n) is 8.37. The molecule has 182 valence electrons. The predicted octanol–water partition coefficient (Wildman–Crippen LogP) is 5.64. The van der Waals surface area contributed by atoms with Crippen molar-refractivity contribution in [2.75, 3.05) is 13.2 Å². The van der Waals surface area contributed by atoms with Gasteiger partial charge in [-0.2, -0.15) is 0 Å². The molecule has 0 fully saturated rings. The van der Waals surface area contributed by atoms with Crippen molar-refractivity contribution >= 4 is 16.9 Å². The highest BCUT2D eigenvalue weighted by molar-refractivity contribution is 5.99. The standard InChI is InChI=1S/C29H24FNO5/c1-3-15-35-23-14-11-19(16-24(23)34-4-2)26-25-27(32)21-7-5-6-8-22(21)36-28(25)29(33)31(26)17-18-9-12-20(30)13-10-18/h3,5-14,16,26H,1,4,15,17H2,2H3. The number of rotatable bonds is 8. The number of halogens is 1. The number of carbonyl (C=O) groups is 1. The Morgan fingerprint density at radius 2 is 1.81 bits per heavy atom. The predicted molar refractivity (Wildman–Crippen MR) is 134 cm³/mol. The minimum atomic E-state index is -0.730. The summed E-state index contributed by atoms with van der Waals surface area (Å²) in [5.41, 5.74) is 1.73. The van der Waals surface area contributed by atoms with Crippen LogP contribution in [-0.2, 0) is 6.54 Å². The molecule has 7 heteroatoms. The molecule has 0 bridgehead atoms. The molecule has 0 radical (unpaired) electrons. The van der Waals surface area contributed by atoms with Crippen molar-refractivity contribution in [2.45, 2.75) is 19.5 Å². The van der Waals surface area contributed by atoms with Gasteiger partial charge in [0.15, 0.2) is 16.9 Å². The summed E-state index contributed by atoms with van der Waals surface area (Å²) in [6, 6.07) is 17.4. The third-order valence-electron chi connectivity index (χ3n) is 6.08. The van der Waals surface area contributed by atoms with Gasteiger partial charge in [-0.15, -0.1) is 0 Å². The number of amides is 1. The van der Waals surface area contributed by atoms with E-state index in [1.165, 1.54) is 12.1 Å². The SMILES string of the molecule is C=CCOc1ccc(C2c3c(oc4ccccc4c3=O)C(=O)N2Cc2ccc(F)cc2)cc1OCC. The van der Waals surface area contributed by atoms with Gasteiger partial charge in [0.1, 0.15) is 18.0 Å². The Morgan fingerprint density at radius 1 is 1.03 bits per heavy atom. The van der Waals surface area contributed by atoms with Crippen LogP contribution in [0.2, 0.25) is 0 Å². The number of nitrogens with zero attached hydrogens (tertiary/aromatic N) is 1. The number of fused-ring (bicyclic) bond motifs is 2. The summed E-state index contributed by atoms with van der Waals surface area (Å²) in [5.74, 6) is 0.249.